The molecule has 3 amide bonds. The van der Waals surface area contributed by atoms with E-state index in [-0.39, 0.29) is 11.7 Å². The van der Waals surface area contributed by atoms with E-state index in [1.807, 2.05) is 6.92 Å². The smallest absolute Gasteiger partial charge is 0.414 e. The van der Waals surface area contributed by atoms with Crippen LogP contribution < -0.4 is 10.8 Å². The van der Waals surface area contributed by atoms with Crippen molar-refractivity contribution in [3.05, 3.63) is 77.9 Å². The van der Waals surface area contributed by atoms with Crippen molar-refractivity contribution < 1.29 is 29.4 Å². The number of hydrogen-bond donors (Lipinski definition) is 4. The van der Waals surface area contributed by atoms with Gasteiger partial charge in [0.1, 0.15) is 11.9 Å². The van der Waals surface area contributed by atoms with Crippen LogP contribution >= 0.6 is 0 Å². The van der Waals surface area contributed by atoms with Crippen LogP contribution in [0, 0.1) is 5.92 Å². The summed E-state index contributed by atoms with van der Waals surface area (Å²) in [5, 5.41) is 20.2. The van der Waals surface area contributed by atoms with E-state index in [4.69, 9.17) is 9.94 Å². The summed E-state index contributed by atoms with van der Waals surface area (Å²) in [6.07, 6.45) is 2.28. The highest BCUT2D eigenvalue weighted by Crippen LogP contribution is 2.30. The Hall–Kier alpha value is -3.65. The molecule has 0 aliphatic heterocycles. The first kappa shape index (κ1) is 22.6. The number of aromatic hydroxyl groups is 1. The van der Waals surface area contributed by atoms with Crippen LogP contribution in [0.15, 0.2) is 66.7 Å². The van der Waals surface area contributed by atoms with Crippen LogP contribution in [0.2, 0.25) is 0 Å². The summed E-state index contributed by atoms with van der Waals surface area (Å²) >= 11 is 0. The summed E-state index contributed by atoms with van der Waals surface area (Å²) in [7, 11) is 0. The summed E-state index contributed by atoms with van der Waals surface area (Å²) in [6, 6.07) is 14.5. The van der Waals surface area contributed by atoms with Crippen molar-refractivity contribution in [2.75, 3.05) is 0 Å². The van der Waals surface area contributed by atoms with Gasteiger partial charge in [0, 0.05) is 11.6 Å². The number of hydrogen-bond acceptors (Lipinski definition) is 6. The molecule has 0 spiro atoms. The summed E-state index contributed by atoms with van der Waals surface area (Å²) in [4.78, 5) is 35.5. The molecule has 0 aliphatic rings. The van der Waals surface area contributed by atoms with Crippen molar-refractivity contribution in [1.82, 2.24) is 10.8 Å². The minimum Gasteiger partial charge on any atom is -0.508 e. The fourth-order valence-electron chi connectivity index (χ4n) is 2.81. The van der Waals surface area contributed by atoms with Crippen molar-refractivity contribution in [3.63, 3.8) is 0 Å². The molecule has 0 heterocycles. The summed E-state index contributed by atoms with van der Waals surface area (Å²) in [6.45, 7) is 1.86. The Morgan fingerprint density at radius 3 is 2.37 bits per heavy atom. The van der Waals surface area contributed by atoms with Gasteiger partial charge in [-0.2, -0.15) is 0 Å². The predicted octanol–water partition coefficient (Wildman–Crippen LogP) is 3.48. The van der Waals surface area contributed by atoms with E-state index in [1.165, 1.54) is 23.7 Å². The summed E-state index contributed by atoms with van der Waals surface area (Å²) in [5.74, 6) is -1.30. The molecule has 2 aromatic carbocycles. The Bertz CT molecular complexity index is 880. The van der Waals surface area contributed by atoms with E-state index in [0.717, 1.165) is 0 Å². The molecule has 0 bridgehead atoms. The Morgan fingerprint density at radius 1 is 1.07 bits per heavy atom. The summed E-state index contributed by atoms with van der Waals surface area (Å²) < 4.78 is 5.53. The van der Waals surface area contributed by atoms with E-state index < -0.39 is 24.0 Å². The average molecular weight is 412 g/mol. The topological polar surface area (TPSA) is 125 Å². The number of hydroxylamine groups is 1. The molecule has 8 nitrogen and oxygen atoms in total. The van der Waals surface area contributed by atoms with Gasteiger partial charge < -0.3 is 9.84 Å². The highest BCUT2D eigenvalue weighted by atomic mass is 16.6. The minimum absolute atomic E-state index is 0.0757. The SMILES string of the molecule is C[C@H](CC/C=C/C(=O)NO)[C@@H](OC(=O)NC(=O)c1ccccc1)c1ccc(O)cc1. The van der Waals surface area contributed by atoms with Gasteiger partial charge in [-0.3, -0.25) is 20.1 Å². The van der Waals surface area contributed by atoms with Crippen LogP contribution in [0.4, 0.5) is 4.79 Å². The molecule has 2 atom stereocenters. The van der Waals surface area contributed by atoms with Crippen LogP contribution in [0.1, 0.15) is 41.8 Å². The standard InChI is InChI=1S/C22H24N2O6/c1-15(7-5-6-10-19(26)24-29)20(16-11-13-18(25)14-12-16)30-22(28)23-21(27)17-8-3-2-4-9-17/h2-4,6,8-15,20,25,29H,5,7H2,1H3,(H,24,26)(H,23,27,28)/b10-6+/t15-,20-/m1/s1. The fourth-order valence-corrected chi connectivity index (χ4v) is 2.81. The lowest BCUT2D eigenvalue weighted by atomic mass is 9.93. The first-order valence-corrected chi connectivity index (χ1v) is 9.37. The van der Waals surface area contributed by atoms with Gasteiger partial charge in [-0.05, 0) is 48.6 Å². The first-order valence-electron chi connectivity index (χ1n) is 9.37. The average Bonchev–Trinajstić information content (AvgIpc) is 2.76. The number of alkyl carbamates (subject to hydrolysis) is 1. The number of rotatable bonds is 8. The molecule has 0 fully saturated rings. The number of imide groups is 1. The number of phenolic OH excluding ortho intramolecular Hbond substituents is 1. The Balaban J connectivity index is 2.06. The molecule has 2 rings (SSSR count). The van der Waals surface area contributed by atoms with Gasteiger partial charge >= 0.3 is 6.09 Å². The second kappa shape index (κ2) is 11.4. The molecule has 0 unspecified atom stereocenters. The predicted molar refractivity (Wildman–Crippen MR) is 109 cm³/mol. The van der Waals surface area contributed by atoms with E-state index in [2.05, 4.69) is 5.32 Å². The van der Waals surface area contributed by atoms with Crippen LogP contribution in [-0.4, -0.2) is 28.2 Å². The number of carbonyl (C=O) groups is 3. The van der Waals surface area contributed by atoms with Gasteiger partial charge in [-0.25, -0.2) is 10.3 Å². The van der Waals surface area contributed by atoms with Gasteiger partial charge in [0.15, 0.2) is 0 Å². The van der Waals surface area contributed by atoms with E-state index >= 15 is 0 Å². The van der Waals surface area contributed by atoms with Gasteiger partial charge in [-0.1, -0.05) is 43.3 Å². The lowest BCUT2D eigenvalue weighted by molar-refractivity contribution is -0.124. The zero-order valence-corrected chi connectivity index (χ0v) is 16.4. The Morgan fingerprint density at radius 2 is 1.73 bits per heavy atom. The van der Waals surface area contributed by atoms with E-state index in [9.17, 15) is 19.5 Å². The van der Waals surface area contributed by atoms with Crippen molar-refractivity contribution in [3.8, 4) is 5.75 Å². The fraction of sp³-hybridized carbons (Fsp3) is 0.227. The molecular formula is C22H24N2O6. The Labute approximate surface area is 174 Å². The molecule has 4 N–H and O–H groups in total. The number of ether oxygens (including phenoxy) is 1. The van der Waals surface area contributed by atoms with Gasteiger partial charge in [0.05, 0.1) is 0 Å². The monoisotopic (exact) mass is 412 g/mol. The van der Waals surface area contributed by atoms with E-state index in [1.54, 1.807) is 48.5 Å². The van der Waals surface area contributed by atoms with Gasteiger partial charge in [0.25, 0.3) is 11.8 Å². The van der Waals surface area contributed by atoms with Crippen molar-refractivity contribution in [2.24, 2.45) is 5.92 Å². The third kappa shape index (κ3) is 7.06. The number of phenols is 1. The minimum atomic E-state index is -0.885. The molecular weight excluding hydrogens is 388 g/mol. The van der Waals surface area contributed by atoms with Crippen LogP contribution in [0.3, 0.4) is 0 Å². The van der Waals surface area contributed by atoms with Crippen LogP contribution in [-0.2, 0) is 9.53 Å². The lowest BCUT2D eigenvalue weighted by Crippen LogP contribution is -2.33. The molecule has 30 heavy (non-hydrogen) atoms. The summed E-state index contributed by atoms with van der Waals surface area (Å²) in [5.41, 5.74) is 2.49. The zero-order valence-electron chi connectivity index (χ0n) is 16.4. The quantitative estimate of drug-likeness (QED) is 0.299. The number of allylic oxidation sites excluding steroid dienone is 1. The van der Waals surface area contributed by atoms with Gasteiger partial charge in [-0.15, -0.1) is 0 Å². The van der Waals surface area contributed by atoms with E-state index in [0.29, 0.717) is 24.0 Å². The highest BCUT2D eigenvalue weighted by Gasteiger charge is 2.24. The maximum absolute atomic E-state index is 12.3. The molecule has 0 saturated carbocycles. The zero-order chi connectivity index (χ0) is 21.9. The van der Waals surface area contributed by atoms with Crippen LogP contribution in [0.5, 0.6) is 5.75 Å². The molecule has 0 aromatic heterocycles. The lowest BCUT2D eigenvalue weighted by Gasteiger charge is -2.24. The van der Waals surface area contributed by atoms with Gasteiger partial charge in [0.2, 0.25) is 0 Å². The number of amides is 3. The largest absolute Gasteiger partial charge is 0.508 e. The van der Waals surface area contributed by atoms with Crippen molar-refractivity contribution in [2.45, 2.75) is 25.9 Å². The molecule has 0 saturated heterocycles. The maximum Gasteiger partial charge on any atom is 0.414 e. The molecule has 158 valence electrons. The van der Waals surface area contributed by atoms with Crippen LogP contribution in [0.25, 0.3) is 0 Å². The third-order valence-corrected chi connectivity index (χ3v) is 4.39. The first-order chi connectivity index (χ1) is 14.4. The third-order valence-electron chi connectivity index (χ3n) is 4.39. The number of carbonyl (C=O) groups excluding carboxylic acids is 3. The van der Waals surface area contributed by atoms with Crippen molar-refractivity contribution in [1.29, 1.82) is 0 Å². The molecule has 0 radical (unpaired) electrons. The second-order valence-electron chi connectivity index (χ2n) is 6.67. The number of benzene rings is 2. The molecule has 2 aromatic rings. The molecule has 8 heteroatoms. The normalized spacial score (nSPS) is 12.7. The second-order valence-corrected chi connectivity index (χ2v) is 6.67. The van der Waals surface area contributed by atoms with Crippen molar-refractivity contribution >= 4 is 17.9 Å². The Kier molecular flexibility index (Phi) is 8.58. The molecule has 0 aliphatic carbocycles. The number of nitrogens with one attached hydrogen (secondary N) is 2. The maximum atomic E-state index is 12.3. The highest BCUT2D eigenvalue weighted by molar-refractivity contribution is 6.02.